The molecule has 1 aromatic carbocycles. The first kappa shape index (κ1) is 13.9. The molecule has 5 nitrogen and oxygen atoms in total. The second-order valence-corrected chi connectivity index (χ2v) is 4.32. The van der Waals surface area contributed by atoms with Gasteiger partial charge in [-0.3, -0.25) is 4.79 Å². The topological polar surface area (TPSA) is 55.8 Å². The van der Waals surface area contributed by atoms with Crippen LogP contribution in [0, 0.1) is 12.0 Å². The Bertz CT molecular complexity index is 544. The van der Waals surface area contributed by atoms with E-state index in [4.69, 9.17) is 9.47 Å². The molecule has 1 atom stereocenters. The summed E-state index contributed by atoms with van der Waals surface area (Å²) in [6.45, 7) is 2.45. The monoisotopic (exact) mass is 273 g/mol. The molecule has 1 fully saturated rings. The first-order valence-corrected chi connectivity index (χ1v) is 6.34. The van der Waals surface area contributed by atoms with Crippen LogP contribution in [0.5, 0.6) is 0 Å². The minimum absolute atomic E-state index is 0.207. The lowest BCUT2D eigenvalue weighted by Crippen LogP contribution is -2.20. The molecule has 0 radical (unpaired) electrons. The fourth-order valence-electron chi connectivity index (χ4n) is 1.69. The number of carbonyl (C=O) groups excluding carboxylic acids is 2. The summed E-state index contributed by atoms with van der Waals surface area (Å²) in [7, 11) is 0. The molecule has 1 saturated heterocycles. The normalized spacial score (nSPS) is 15.1. The van der Waals surface area contributed by atoms with Crippen molar-refractivity contribution < 1.29 is 19.1 Å². The highest BCUT2D eigenvalue weighted by atomic mass is 16.6. The molecule has 0 aromatic heterocycles. The quantitative estimate of drug-likeness (QED) is 0.619. The Balaban J connectivity index is 1.82. The van der Waals surface area contributed by atoms with Crippen molar-refractivity contribution in [1.82, 2.24) is 4.90 Å². The highest BCUT2D eigenvalue weighted by Crippen LogP contribution is 2.03. The molecule has 1 aliphatic heterocycles. The first-order valence-electron chi connectivity index (χ1n) is 6.34. The SMILES string of the molecule is CC(C#CN1CCOC1=O)OC(=O)Cc1ccccc1. The molecule has 1 aliphatic rings. The number of esters is 1. The minimum Gasteiger partial charge on any atom is -0.449 e. The third kappa shape index (κ3) is 4.02. The Morgan fingerprint density at radius 3 is 2.85 bits per heavy atom. The largest absolute Gasteiger partial charge is 0.449 e. The zero-order valence-electron chi connectivity index (χ0n) is 11.2. The summed E-state index contributed by atoms with van der Waals surface area (Å²) < 4.78 is 9.89. The second-order valence-electron chi connectivity index (χ2n) is 4.32. The number of rotatable bonds is 3. The number of hydrogen-bond donors (Lipinski definition) is 0. The molecule has 2 rings (SSSR count). The fraction of sp³-hybridized carbons (Fsp3) is 0.333. The molecule has 1 heterocycles. The smallest absolute Gasteiger partial charge is 0.421 e. The maximum atomic E-state index is 11.7. The molecule has 1 aromatic rings. The third-order valence-corrected chi connectivity index (χ3v) is 2.66. The Morgan fingerprint density at radius 2 is 2.20 bits per heavy atom. The van der Waals surface area contributed by atoms with Crippen molar-refractivity contribution in [2.75, 3.05) is 13.2 Å². The lowest BCUT2D eigenvalue weighted by molar-refractivity contribution is -0.144. The van der Waals surface area contributed by atoms with E-state index in [0.29, 0.717) is 13.2 Å². The van der Waals surface area contributed by atoms with Crippen LogP contribution in [-0.2, 0) is 20.7 Å². The number of amides is 1. The van der Waals surface area contributed by atoms with E-state index in [1.807, 2.05) is 30.3 Å². The van der Waals surface area contributed by atoms with Gasteiger partial charge in [0.05, 0.1) is 13.0 Å². The van der Waals surface area contributed by atoms with E-state index in [2.05, 4.69) is 12.0 Å². The zero-order chi connectivity index (χ0) is 14.4. The van der Waals surface area contributed by atoms with Crippen molar-refractivity contribution in [3.05, 3.63) is 35.9 Å². The molecule has 104 valence electrons. The number of benzene rings is 1. The molecule has 1 amide bonds. The third-order valence-electron chi connectivity index (χ3n) is 2.66. The van der Waals surface area contributed by atoms with Crippen molar-refractivity contribution >= 4 is 12.1 Å². The molecular formula is C15H15NO4. The zero-order valence-corrected chi connectivity index (χ0v) is 11.2. The maximum absolute atomic E-state index is 11.7. The Labute approximate surface area is 117 Å². The van der Waals surface area contributed by atoms with E-state index in [1.54, 1.807) is 6.92 Å². The Kier molecular flexibility index (Phi) is 4.61. The van der Waals surface area contributed by atoms with Gasteiger partial charge in [0.15, 0.2) is 6.10 Å². The molecule has 0 bridgehead atoms. The van der Waals surface area contributed by atoms with Crippen LogP contribution in [0.25, 0.3) is 0 Å². The average molecular weight is 273 g/mol. The molecular weight excluding hydrogens is 258 g/mol. The van der Waals surface area contributed by atoms with Gasteiger partial charge in [0.25, 0.3) is 0 Å². The predicted octanol–water partition coefficient (Wildman–Crippen LogP) is 1.57. The Hall–Kier alpha value is -2.48. The number of ether oxygens (including phenoxy) is 2. The van der Waals surface area contributed by atoms with E-state index < -0.39 is 12.2 Å². The van der Waals surface area contributed by atoms with E-state index in [0.717, 1.165) is 5.56 Å². The lowest BCUT2D eigenvalue weighted by Gasteiger charge is -2.08. The van der Waals surface area contributed by atoms with Crippen LogP contribution in [0.15, 0.2) is 30.3 Å². The molecule has 0 N–H and O–H groups in total. The van der Waals surface area contributed by atoms with Gasteiger partial charge in [-0.1, -0.05) is 30.3 Å². The summed E-state index contributed by atoms with van der Waals surface area (Å²) in [5, 5.41) is 0. The van der Waals surface area contributed by atoms with Crippen LogP contribution in [0.4, 0.5) is 4.79 Å². The van der Waals surface area contributed by atoms with Gasteiger partial charge in [0, 0.05) is 6.04 Å². The van der Waals surface area contributed by atoms with Crippen molar-refractivity contribution in [1.29, 1.82) is 0 Å². The number of nitrogens with zero attached hydrogens (tertiary/aromatic N) is 1. The maximum Gasteiger partial charge on any atom is 0.421 e. The van der Waals surface area contributed by atoms with E-state index in [-0.39, 0.29) is 12.4 Å². The van der Waals surface area contributed by atoms with Crippen LogP contribution >= 0.6 is 0 Å². The van der Waals surface area contributed by atoms with Crippen molar-refractivity contribution in [2.24, 2.45) is 0 Å². The van der Waals surface area contributed by atoms with Gasteiger partial charge in [-0.05, 0) is 18.4 Å². The summed E-state index contributed by atoms with van der Waals surface area (Å²) in [5.41, 5.74) is 0.890. The van der Waals surface area contributed by atoms with Gasteiger partial charge in [0.1, 0.15) is 6.61 Å². The van der Waals surface area contributed by atoms with Crippen LogP contribution in [0.2, 0.25) is 0 Å². The number of cyclic esters (lactones) is 1. The predicted molar refractivity (Wildman–Crippen MR) is 71.5 cm³/mol. The van der Waals surface area contributed by atoms with E-state index in [9.17, 15) is 9.59 Å². The van der Waals surface area contributed by atoms with Gasteiger partial charge in [-0.2, -0.15) is 0 Å². The standard InChI is InChI=1S/C15H15NO4/c1-12(7-8-16-9-10-19-15(16)18)20-14(17)11-13-5-3-2-4-6-13/h2-6,12H,9-11H2,1H3. The first-order chi connectivity index (χ1) is 9.65. The summed E-state index contributed by atoms with van der Waals surface area (Å²) in [6, 6.07) is 12.0. The van der Waals surface area contributed by atoms with Crippen LogP contribution in [0.1, 0.15) is 12.5 Å². The number of carbonyl (C=O) groups is 2. The van der Waals surface area contributed by atoms with Crippen LogP contribution in [-0.4, -0.2) is 36.2 Å². The molecule has 20 heavy (non-hydrogen) atoms. The summed E-state index contributed by atoms with van der Waals surface area (Å²) in [4.78, 5) is 24.1. The molecule has 0 spiro atoms. The van der Waals surface area contributed by atoms with Crippen LogP contribution < -0.4 is 0 Å². The van der Waals surface area contributed by atoms with Gasteiger partial charge in [0.2, 0.25) is 0 Å². The number of hydrogen-bond acceptors (Lipinski definition) is 4. The average Bonchev–Trinajstić information content (AvgIpc) is 2.83. The van der Waals surface area contributed by atoms with E-state index >= 15 is 0 Å². The molecule has 5 heteroatoms. The summed E-state index contributed by atoms with van der Waals surface area (Å²) >= 11 is 0. The van der Waals surface area contributed by atoms with E-state index in [1.165, 1.54) is 4.90 Å². The highest BCUT2D eigenvalue weighted by Gasteiger charge is 2.20. The highest BCUT2D eigenvalue weighted by molar-refractivity contribution is 5.73. The minimum atomic E-state index is -0.570. The summed E-state index contributed by atoms with van der Waals surface area (Å²) in [5.74, 6) is 2.36. The fourth-order valence-corrected chi connectivity index (χ4v) is 1.69. The lowest BCUT2D eigenvalue weighted by atomic mass is 10.1. The van der Waals surface area contributed by atoms with Crippen molar-refractivity contribution in [2.45, 2.75) is 19.4 Å². The van der Waals surface area contributed by atoms with Crippen LogP contribution in [0.3, 0.4) is 0 Å². The summed E-state index contributed by atoms with van der Waals surface area (Å²) in [6.07, 6.45) is -0.821. The van der Waals surface area contributed by atoms with Gasteiger partial charge in [-0.15, -0.1) is 0 Å². The van der Waals surface area contributed by atoms with Gasteiger partial charge >= 0.3 is 12.1 Å². The second kappa shape index (κ2) is 6.62. The van der Waals surface area contributed by atoms with Gasteiger partial charge in [-0.25, -0.2) is 9.69 Å². The van der Waals surface area contributed by atoms with Crippen molar-refractivity contribution in [3.63, 3.8) is 0 Å². The molecule has 0 saturated carbocycles. The van der Waals surface area contributed by atoms with Gasteiger partial charge < -0.3 is 9.47 Å². The molecule has 1 unspecified atom stereocenters. The van der Waals surface area contributed by atoms with Crippen molar-refractivity contribution in [3.8, 4) is 12.0 Å². The molecule has 0 aliphatic carbocycles. The Morgan fingerprint density at radius 1 is 1.45 bits per heavy atom.